The summed E-state index contributed by atoms with van der Waals surface area (Å²) in [6.07, 6.45) is 0.598. The molecule has 0 aliphatic heterocycles. The van der Waals surface area contributed by atoms with E-state index < -0.39 is 0 Å². The van der Waals surface area contributed by atoms with Crippen molar-refractivity contribution in [3.63, 3.8) is 0 Å². The molecule has 0 fully saturated rings. The fourth-order valence-electron chi connectivity index (χ4n) is 1.83. The number of benzene rings is 2. The molecule has 0 aromatic heterocycles. The Hall–Kier alpha value is -1.88. The van der Waals surface area contributed by atoms with E-state index in [9.17, 15) is 4.39 Å². The monoisotopic (exact) mass is 351 g/mol. The zero-order chi connectivity index (χ0) is 15.2. The van der Waals surface area contributed by atoms with Crippen LogP contribution < -0.4 is 4.74 Å². The van der Waals surface area contributed by atoms with Gasteiger partial charge in [-0.05, 0) is 36.8 Å². The Morgan fingerprint density at radius 1 is 1.24 bits per heavy atom. The van der Waals surface area contributed by atoms with Gasteiger partial charge in [0, 0.05) is 16.5 Å². The molecular weight excluding hydrogens is 337 g/mol. The van der Waals surface area contributed by atoms with Crippen molar-refractivity contribution in [1.29, 1.82) is 0 Å². The highest BCUT2D eigenvalue weighted by molar-refractivity contribution is 9.10. The standard InChI is InChI=1S/C16H15BrFNO2/c1-11(19-20)8-12-2-6-15(7-3-12)21-10-13-4-5-14(18)9-16(13)17/h2-7,9,20H,8,10H2,1H3/b19-11-. The van der Waals surface area contributed by atoms with Gasteiger partial charge in [0.2, 0.25) is 0 Å². The number of halogens is 2. The van der Waals surface area contributed by atoms with Crippen LogP contribution in [0.2, 0.25) is 0 Å². The van der Waals surface area contributed by atoms with Crippen LogP contribution >= 0.6 is 15.9 Å². The first-order valence-corrected chi connectivity index (χ1v) is 7.21. The molecule has 3 nitrogen and oxygen atoms in total. The van der Waals surface area contributed by atoms with E-state index in [1.807, 2.05) is 24.3 Å². The van der Waals surface area contributed by atoms with Gasteiger partial charge in [-0.2, -0.15) is 0 Å². The number of nitrogens with zero attached hydrogens (tertiary/aromatic N) is 1. The maximum absolute atomic E-state index is 13.0. The van der Waals surface area contributed by atoms with Gasteiger partial charge in [-0.1, -0.05) is 39.3 Å². The van der Waals surface area contributed by atoms with E-state index in [1.54, 1.807) is 13.0 Å². The van der Waals surface area contributed by atoms with Crippen LogP contribution in [0.25, 0.3) is 0 Å². The van der Waals surface area contributed by atoms with Crippen molar-refractivity contribution in [2.45, 2.75) is 20.0 Å². The van der Waals surface area contributed by atoms with Gasteiger partial charge in [0.05, 0.1) is 5.71 Å². The summed E-state index contributed by atoms with van der Waals surface area (Å²) >= 11 is 3.31. The van der Waals surface area contributed by atoms with Crippen LogP contribution in [0, 0.1) is 5.82 Å². The molecule has 0 atom stereocenters. The molecule has 0 spiro atoms. The summed E-state index contributed by atoms with van der Waals surface area (Å²) in [5, 5.41) is 11.8. The molecule has 2 aromatic rings. The summed E-state index contributed by atoms with van der Waals surface area (Å²) in [5.74, 6) is 0.449. The molecular formula is C16H15BrFNO2. The van der Waals surface area contributed by atoms with Gasteiger partial charge in [0.15, 0.2) is 0 Å². The van der Waals surface area contributed by atoms with E-state index in [1.165, 1.54) is 12.1 Å². The van der Waals surface area contributed by atoms with Crippen LogP contribution in [0.1, 0.15) is 18.1 Å². The minimum absolute atomic E-state index is 0.282. The Balaban J connectivity index is 1.97. The van der Waals surface area contributed by atoms with Crippen molar-refractivity contribution in [3.05, 3.63) is 63.9 Å². The first-order valence-electron chi connectivity index (χ1n) is 6.41. The maximum Gasteiger partial charge on any atom is 0.124 e. The van der Waals surface area contributed by atoms with Crippen molar-refractivity contribution in [2.24, 2.45) is 5.16 Å². The topological polar surface area (TPSA) is 41.8 Å². The SMILES string of the molecule is C/C(Cc1ccc(OCc2ccc(F)cc2Br)cc1)=N/O. The molecule has 0 aliphatic rings. The molecule has 21 heavy (non-hydrogen) atoms. The molecule has 0 aliphatic carbocycles. The Kier molecular flexibility index (Phi) is 5.33. The van der Waals surface area contributed by atoms with E-state index in [-0.39, 0.29) is 5.82 Å². The minimum atomic E-state index is -0.282. The van der Waals surface area contributed by atoms with Crippen LogP contribution in [0.3, 0.4) is 0 Å². The van der Waals surface area contributed by atoms with Crippen LogP contribution in [-0.2, 0) is 13.0 Å². The lowest BCUT2D eigenvalue weighted by Gasteiger charge is -2.09. The summed E-state index contributed by atoms with van der Waals surface area (Å²) in [5.41, 5.74) is 2.57. The molecule has 2 aromatic carbocycles. The molecule has 2 rings (SSSR count). The first kappa shape index (κ1) is 15.5. The van der Waals surface area contributed by atoms with Crippen molar-refractivity contribution >= 4 is 21.6 Å². The molecule has 0 saturated heterocycles. The molecule has 0 saturated carbocycles. The molecule has 5 heteroatoms. The first-order chi connectivity index (χ1) is 10.1. The van der Waals surface area contributed by atoms with E-state index in [0.29, 0.717) is 23.2 Å². The van der Waals surface area contributed by atoms with Gasteiger partial charge in [-0.3, -0.25) is 0 Å². The van der Waals surface area contributed by atoms with Crippen molar-refractivity contribution in [3.8, 4) is 5.75 Å². The van der Waals surface area contributed by atoms with Gasteiger partial charge >= 0.3 is 0 Å². The molecule has 0 radical (unpaired) electrons. The lowest BCUT2D eigenvalue weighted by atomic mass is 10.1. The van der Waals surface area contributed by atoms with Crippen molar-refractivity contribution < 1.29 is 14.3 Å². The van der Waals surface area contributed by atoms with E-state index >= 15 is 0 Å². The lowest BCUT2D eigenvalue weighted by molar-refractivity contribution is 0.305. The second kappa shape index (κ2) is 7.22. The molecule has 0 unspecified atom stereocenters. The average Bonchev–Trinajstić information content (AvgIpc) is 2.48. The van der Waals surface area contributed by atoms with Gasteiger partial charge in [-0.25, -0.2) is 4.39 Å². The smallest absolute Gasteiger partial charge is 0.124 e. The predicted molar refractivity (Wildman–Crippen MR) is 83.5 cm³/mol. The lowest BCUT2D eigenvalue weighted by Crippen LogP contribution is -1.99. The highest BCUT2D eigenvalue weighted by Gasteiger charge is 2.03. The third kappa shape index (κ3) is 4.56. The molecule has 0 heterocycles. The molecule has 0 amide bonds. The Morgan fingerprint density at radius 2 is 1.95 bits per heavy atom. The van der Waals surface area contributed by atoms with Gasteiger partial charge < -0.3 is 9.94 Å². The van der Waals surface area contributed by atoms with Crippen molar-refractivity contribution in [1.82, 2.24) is 0 Å². The van der Waals surface area contributed by atoms with Crippen LogP contribution in [0.4, 0.5) is 4.39 Å². The van der Waals surface area contributed by atoms with E-state index in [4.69, 9.17) is 9.94 Å². The zero-order valence-corrected chi connectivity index (χ0v) is 13.1. The number of ether oxygens (including phenoxy) is 1. The zero-order valence-electron chi connectivity index (χ0n) is 11.5. The summed E-state index contributed by atoms with van der Waals surface area (Å²) in [6.45, 7) is 2.12. The molecule has 110 valence electrons. The number of rotatable bonds is 5. The number of oxime groups is 1. The quantitative estimate of drug-likeness (QED) is 0.487. The predicted octanol–water partition coefficient (Wildman–Crippen LogP) is 4.56. The van der Waals surface area contributed by atoms with E-state index in [0.717, 1.165) is 16.9 Å². The largest absolute Gasteiger partial charge is 0.489 e. The number of hydrogen-bond acceptors (Lipinski definition) is 3. The Morgan fingerprint density at radius 3 is 2.57 bits per heavy atom. The van der Waals surface area contributed by atoms with Crippen molar-refractivity contribution in [2.75, 3.05) is 0 Å². The van der Waals surface area contributed by atoms with Gasteiger partial charge in [0.25, 0.3) is 0 Å². The third-order valence-corrected chi connectivity index (χ3v) is 3.70. The molecule has 1 N–H and O–H groups in total. The second-order valence-corrected chi connectivity index (χ2v) is 5.53. The van der Waals surface area contributed by atoms with Crippen LogP contribution in [-0.4, -0.2) is 10.9 Å². The maximum atomic E-state index is 13.0. The summed E-state index contributed by atoms with van der Waals surface area (Å²) < 4.78 is 19.3. The van der Waals surface area contributed by atoms with Gasteiger partial charge in [-0.15, -0.1) is 0 Å². The fraction of sp³-hybridized carbons (Fsp3) is 0.188. The number of hydrogen-bond donors (Lipinski definition) is 1. The Labute approximate surface area is 131 Å². The Bertz CT molecular complexity index is 641. The highest BCUT2D eigenvalue weighted by Crippen LogP contribution is 2.21. The fourth-order valence-corrected chi connectivity index (χ4v) is 2.30. The minimum Gasteiger partial charge on any atom is -0.489 e. The average molecular weight is 352 g/mol. The summed E-state index contributed by atoms with van der Waals surface area (Å²) in [6, 6.07) is 12.1. The van der Waals surface area contributed by atoms with Gasteiger partial charge in [0.1, 0.15) is 18.2 Å². The summed E-state index contributed by atoms with van der Waals surface area (Å²) in [7, 11) is 0. The second-order valence-electron chi connectivity index (χ2n) is 4.68. The third-order valence-electron chi connectivity index (χ3n) is 2.96. The molecule has 0 bridgehead atoms. The normalized spacial score (nSPS) is 11.5. The van der Waals surface area contributed by atoms with E-state index in [2.05, 4.69) is 21.1 Å². The van der Waals surface area contributed by atoms with Crippen LogP contribution in [0.5, 0.6) is 5.75 Å². The highest BCUT2D eigenvalue weighted by atomic mass is 79.9. The van der Waals surface area contributed by atoms with Crippen LogP contribution in [0.15, 0.2) is 52.1 Å². The summed E-state index contributed by atoms with van der Waals surface area (Å²) in [4.78, 5) is 0.